The summed E-state index contributed by atoms with van der Waals surface area (Å²) in [6, 6.07) is 0.915. The maximum atomic E-state index is 12.8. The van der Waals surface area contributed by atoms with Gasteiger partial charge < -0.3 is 9.64 Å². The molecular formula is C15H21F3N4O. The fourth-order valence-electron chi connectivity index (χ4n) is 3.20. The van der Waals surface area contributed by atoms with Crippen LogP contribution in [0.5, 0.6) is 0 Å². The second-order valence-corrected chi connectivity index (χ2v) is 6.11. The molecular weight excluding hydrogens is 309 g/mol. The monoisotopic (exact) mass is 330 g/mol. The molecule has 0 N–H and O–H groups in total. The van der Waals surface area contributed by atoms with Crippen molar-refractivity contribution in [2.75, 3.05) is 50.8 Å². The molecule has 23 heavy (non-hydrogen) atoms. The van der Waals surface area contributed by atoms with Gasteiger partial charge in [-0.05, 0) is 24.8 Å². The number of nitrogens with zero attached hydrogens (tertiary/aromatic N) is 4. The molecule has 1 atom stereocenters. The number of aromatic nitrogens is 2. The Morgan fingerprint density at radius 3 is 2.74 bits per heavy atom. The molecule has 2 aliphatic heterocycles. The van der Waals surface area contributed by atoms with Gasteiger partial charge in [0.15, 0.2) is 0 Å². The average molecular weight is 330 g/mol. The summed E-state index contributed by atoms with van der Waals surface area (Å²) in [7, 11) is 0. The van der Waals surface area contributed by atoms with Crippen molar-refractivity contribution in [1.29, 1.82) is 0 Å². The molecule has 128 valence electrons. The number of piperidine rings is 1. The van der Waals surface area contributed by atoms with Gasteiger partial charge in [0, 0.05) is 38.9 Å². The normalized spacial score (nSPS) is 24.0. The Morgan fingerprint density at radius 2 is 2.00 bits per heavy atom. The van der Waals surface area contributed by atoms with E-state index in [9.17, 15) is 13.2 Å². The number of rotatable bonds is 3. The quantitative estimate of drug-likeness (QED) is 0.848. The lowest BCUT2D eigenvalue weighted by atomic mass is 9.97. The zero-order valence-corrected chi connectivity index (χ0v) is 12.9. The lowest BCUT2D eigenvalue weighted by Crippen LogP contribution is -2.45. The summed E-state index contributed by atoms with van der Waals surface area (Å²) >= 11 is 0. The van der Waals surface area contributed by atoms with E-state index in [2.05, 4.69) is 14.9 Å². The molecule has 2 saturated heterocycles. The Bertz CT molecular complexity index is 520. The van der Waals surface area contributed by atoms with Crippen LogP contribution in [0.1, 0.15) is 18.5 Å². The Labute approximate surface area is 133 Å². The first-order chi connectivity index (χ1) is 11.0. The van der Waals surface area contributed by atoms with Crippen LogP contribution < -0.4 is 4.90 Å². The molecule has 1 unspecified atom stereocenters. The molecule has 0 saturated carbocycles. The van der Waals surface area contributed by atoms with Crippen molar-refractivity contribution in [3.8, 4) is 0 Å². The standard InChI is InChI=1S/C15H21F3N4O/c16-15(17,18)13-3-4-19-14(20-13)22-5-1-2-12(11-22)10-21-6-8-23-9-7-21/h3-4,12H,1-2,5-11H2. The highest BCUT2D eigenvalue weighted by molar-refractivity contribution is 5.31. The maximum absolute atomic E-state index is 12.8. The minimum Gasteiger partial charge on any atom is -0.379 e. The minimum absolute atomic E-state index is 0.187. The van der Waals surface area contributed by atoms with Gasteiger partial charge in [0.1, 0.15) is 5.69 Å². The van der Waals surface area contributed by atoms with Gasteiger partial charge in [-0.25, -0.2) is 9.97 Å². The summed E-state index contributed by atoms with van der Waals surface area (Å²) < 4.78 is 43.7. The van der Waals surface area contributed by atoms with Gasteiger partial charge in [-0.15, -0.1) is 0 Å². The van der Waals surface area contributed by atoms with Crippen LogP contribution in [-0.4, -0.2) is 60.8 Å². The third-order valence-electron chi connectivity index (χ3n) is 4.36. The minimum atomic E-state index is -4.43. The number of hydrogen-bond acceptors (Lipinski definition) is 5. The largest absolute Gasteiger partial charge is 0.433 e. The lowest BCUT2D eigenvalue weighted by Gasteiger charge is -2.36. The van der Waals surface area contributed by atoms with Crippen molar-refractivity contribution in [3.63, 3.8) is 0 Å². The first-order valence-corrected chi connectivity index (χ1v) is 7.97. The van der Waals surface area contributed by atoms with E-state index in [0.717, 1.165) is 51.8 Å². The lowest BCUT2D eigenvalue weighted by molar-refractivity contribution is -0.141. The molecule has 0 spiro atoms. The SMILES string of the molecule is FC(F)(F)c1ccnc(N2CCCC(CN3CCOCC3)C2)n1. The third kappa shape index (κ3) is 4.32. The van der Waals surface area contributed by atoms with Crippen LogP contribution in [0.4, 0.5) is 19.1 Å². The molecule has 0 aliphatic carbocycles. The molecule has 1 aromatic heterocycles. The maximum Gasteiger partial charge on any atom is 0.433 e. The van der Waals surface area contributed by atoms with Crippen LogP contribution in [0.15, 0.2) is 12.3 Å². The number of hydrogen-bond donors (Lipinski definition) is 0. The second-order valence-electron chi connectivity index (χ2n) is 6.11. The molecule has 5 nitrogen and oxygen atoms in total. The Balaban J connectivity index is 1.64. The predicted molar refractivity (Wildman–Crippen MR) is 79.2 cm³/mol. The Morgan fingerprint density at radius 1 is 1.22 bits per heavy atom. The van der Waals surface area contributed by atoms with E-state index >= 15 is 0 Å². The second kappa shape index (κ2) is 7.00. The van der Waals surface area contributed by atoms with Crippen LogP contribution in [0, 0.1) is 5.92 Å². The van der Waals surface area contributed by atoms with Crippen molar-refractivity contribution < 1.29 is 17.9 Å². The summed E-state index contributed by atoms with van der Waals surface area (Å²) in [5, 5.41) is 0. The molecule has 3 heterocycles. The smallest absolute Gasteiger partial charge is 0.379 e. The first kappa shape index (κ1) is 16.4. The van der Waals surface area contributed by atoms with Gasteiger partial charge in [-0.2, -0.15) is 13.2 Å². The molecule has 0 radical (unpaired) electrons. The van der Waals surface area contributed by atoms with Crippen LogP contribution in [0.2, 0.25) is 0 Å². The highest BCUT2D eigenvalue weighted by Crippen LogP contribution is 2.29. The van der Waals surface area contributed by atoms with Crippen molar-refractivity contribution in [2.45, 2.75) is 19.0 Å². The zero-order valence-electron chi connectivity index (χ0n) is 12.9. The van der Waals surface area contributed by atoms with Crippen molar-refractivity contribution in [1.82, 2.24) is 14.9 Å². The van der Waals surface area contributed by atoms with E-state index in [-0.39, 0.29) is 5.95 Å². The molecule has 2 fully saturated rings. The van der Waals surface area contributed by atoms with Gasteiger partial charge >= 0.3 is 6.18 Å². The van der Waals surface area contributed by atoms with Gasteiger partial charge in [-0.1, -0.05) is 0 Å². The highest BCUT2D eigenvalue weighted by Gasteiger charge is 2.33. The summed E-state index contributed by atoms with van der Waals surface area (Å²) in [5.74, 6) is 0.617. The van der Waals surface area contributed by atoms with E-state index in [1.54, 1.807) is 0 Å². The van der Waals surface area contributed by atoms with Crippen molar-refractivity contribution in [2.24, 2.45) is 5.92 Å². The molecule has 0 bridgehead atoms. The molecule has 0 amide bonds. The topological polar surface area (TPSA) is 41.5 Å². The summed E-state index contributed by atoms with van der Waals surface area (Å²) in [6.45, 7) is 5.74. The highest BCUT2D eigenvalue weighted by atomic mass is 19.4. The van der Waals surface area contributed by atoms with Crippen LogP contribution in [-0.2, 0) is 10.9 Å². The van der Waals surface area contributed by atoms with Crippen molar-refractivity contribution >= 4 is 5.95 Å². The molecule has 1 aromatic rings. The van der Waals surface area contributed by atoms with E-state index in [4.69, 9.17) is 4.74 Å². The van der Waals surface area contributed by atoms with Gasteiger partial charge in [0.25, 0.3) is 0 Å². The zero-order chi connectivity index (χ0) is 16.3. The molecule has 2 aliphatic rings. The number of anilines is 1. The van der Waals surface area contributed by atoms with E-state index in [1.165, 1.54) is 6.20 Å². The first-order valence-electron chi connectivity index (χ1n) is 7.97. The summed E-state index contributed by atoms with van der Waals surface area (Å²) in [6.07, 6.45) is -1.20. The Kier molecular flexibility index (Phi) is 5.01. The fraction of sp³-hybridized carbons (Fsp3) is 0.733. The summed E-state index contributed by atoms with van der Waals surface area (Å²) in [4.78, 5) is 12.0. The number of alkyl halides is 3. The predicted octanol–water partition coefficient (Wildman–Crippen LogP) is 2.04. The average Bonchev–Trinajstić information content (AvgIpc) is 2.55. The number of halogens is 3. The number of ether oxygens (including phenoxy) is 1. The van der Waals surface area contributed by atoms with Gasteiger partial charge in [0.05, 0.1) is 13.2 Å². The Hall–Kier alpha value is -1.41. The number of morpholine rings is 1. The van der Waals surface area contributed by atoms with Crippen molar-refractivity contribution in [3.05, 3.63) is 18.0 Å². The van der Waals surface area contributed by atoms with Gasteiger partial charge in [-0.3, -0.25) is 4.90 Å². The van der Waals surface area contributed by atoms with E-state index < -0.39 is 11.9 Å². The van der Waals surface area contributed by atoms with Crippen LogP contribution in [0.25, 0.3) is 0 Å². The van der Waals surface area contributed by atoms with Crippen LogP contribution in [0.3, 0.4) is 0 Å². The van der Waals surface area contributed by atoms with E-state index in [0.29, 0.717) is 19.0 Å². The third-order valence-corrected chi connectivity index (χ3v) is 4.36. The molecule has 3 rings (SSSR count). The van der Waals surface area contributed by atoms with E-state index in [1.807, 2.05) is 4.90 Å². The molecule has 0 aromatic carbocycles. The summed E-state index contributed by atoms with van der Waals surface area (Å²) in [5.41, 5.74) is -0.877. The van der Waals surface area contributed by atoms with Crippen LogP contribution >= 0.6 is 0 Å². The van der Waals surface area contributed by atoms with Gasteiger partial charge in [0.2, 0.25) is 5.95 Å². The molecule has 8 heteroatoms. The fourth-order valence-corrected chi connectivity index (χ4v) is 3.20.